The third kappa shape index (κ3) is 2.59. The van der Waals surface area contributed by atoms with Crippen molar-refractivity contribution in [2.24, 2.45) is 5.73 Å². The molecule has 0 aromatic carbocycles. The summed E-state index contributed by atoms with van der Waals surface area (Å²) in [6, 6.07) is 0.241. The summed E-state index contributed by atoms with van der Waals surface area (Å²) in [4.78, 5) is 15.2. The van der Waals surface area contributed by atoms with Crippen molar-refractivity contribution < 1.29 is 4.79 Å². The van der Waals surface area contributed by atoms with E-state index in [9.17, 15) is 4.79 Å². The van der Waals surface area contributed by atoms with Crippen LogP contribution in [0.3, 0.4) is 0 Å². The van der Waals surface area contributed by atoms with Gasteiger partial charge in [0.15, 0.2) is 0 Å². The van der Waals surface area contributed by atoms with Crippen LogP contribution in [-0.2, 0) is 0 Å². The van der Waals surface area contributed by atoms with Crippen LogP contribution >= 0.6 is 0 Å². The van der Waals surface area contributed by atoms with Gasteiger partial charge < -0.3 is 15.5 Å². The van der Waals surface area contributed by atoms with Gasteiger partial charge in [0.1, 0.15) is 0 Å². The maximum atomic E-state index is 11.6. The highest BCUT2D eigenvalue weighted by Crippen LogP contribution is 2.07. The topological polar surface area (TPSA) is 49.6 Å². The summed E-state index contributed by atoms with van der Waals surface area (Å²) in [6.07, 6.45) is 1.98. The van der Waals surface area contributed by atoms with E-state index in [0.717, 1.165) is 25.9 Å². The van der Waals surface area contributed by atoms with Gasteiger partial charge in [-0.2, -0.15) is 0 Å². The molecule has 1 aliphatic heterocycles. The maximum Gasteiger partial charge on any atom is 0.319 e. The van der Waals surface area contributed by atoms with Gasteiger partial charge in [-0.1, -0.05) is 6.92 Å². The van der Waals surface area contributed by atoms with Crippen LogP contribution in [0.25, 0.3) is 0 Å². The van der Waals surface area contributed by atoms with Crippen molar-refractivity contribution in [2.45, 2.75) is 25.8 Å². The summed E-state index contributed by atoms with van der Waals surface area (Å²) < 4.78 is 0. The molecule has 2 N–H and O–H groups in total. The number of carbonyl (C=O) groups excluding carboxylic acids is 1. The van der Waals surface area contributed by atoms with Crippen LogP contribution in [0, 0.1) is 0 Å². The number of nitrogens with two attached hydrogens (primary N) is 1. The molecule has 0 bridgehead atoms. The quantitative estimate of drug-likeness (QED) is 0.695. The molecule has 1 heterocycles. The Kier molecular flexibility index (Phi) is 3.54. The smallest absolute Gasteiger partial charge is 0.319 e. The fourth-order valence-electron chi connectivity index (χ4n) is 1.51. The van der Waals surface area contributed by atoms with Gasteiger partial charge in [-0.15, -0.1) is 0 Å². The molecule has 1 fully saturated rings. The Balaban J connectivity index is 2.44. The average Bonchev–Trinajstić information content (AvgIpc) is 2.13. The van der Waals surface area contributed by atoms with Crippen molar-refractivity contribution >= 4 is 6.03 Å². The normalized spacial score (nSPS) is 20.7. The molecule has 1 saturated heterocycles. The molecule has 0 aromatic rings. The molecule has 13 heavy (non-hydrogen) atoms. The number of amides is 2. The van der Waals surface area contributed by atoms with E-state index in [0.29, 0.717) is 6.54 Å². The Labute approximate surface area is 79.7 Å². The van der Waals surface area contributed by atoms with Crippen molar-refractivity contribution in [3.8, 4) is 0 Å². The minimum atomic E-state index is 0.121. The summed E-state index contributed by atoms with van der Waals surface area (Å²) in [7, 11) is 1.84. The predicted molar refractivity (Wildman–Crippen MR) is 52.5 cm³/mol. The van der Waals surface area contributed by atoms with E-state index in [1.54, 1.807) is 4.90 Å². The molecule has 0 aromatic heterocycles. The van der Waals surface area contributed by atoms with Gasteiger partial charge in [-0.25, -0.2) is 4.79 Å². The van der Waals surface area contributed by atoms with E-state index >= 15 is 0 Å². The molecule has 4 heteroatoms. The SMILES string of the molecule is CCC(N)CN1CCCN(C)C1=O. The fraction of sp³-hybridized carbons (Fsp3) is 0.889. The second-order valence-corrected chi connectivity index (χ2v) is 3.67. The first-order chi connectivity index (χ1) is 6.15. The van der Waals surface area contributed by atoms with Crippen molar-refractivity contribution in [1.29, 1.82) is 0 Å². The van der Waals surface area contributed by atoms with E-state index in [4.69, 9.17) is 5.73 Å². The Morgan fingerprint density at radius 1 is 1.54 bits per heavy atom. The van der Waals surface area contributed by atoms with Crippen LogP contribution in [0.15, 0.2) is 0 Å². The van der Waals surface area contributed by atoms with E-state index in [1.807, 2.05) is 18.9 Å². The highest BCUT2D eigenvalue weighted by atomic mass is 16.2. The van der Waals surface area contributed by atoms with Crippen molar-refractivity contribution in [3.05, 3.63) is 0 Å². The number of urea groups is 1. The summed E-state index contributed by atoms with van der Waals surface area (Å²) >= 11 is 0. The van der Waals surface area contributed by atoms with Crippen molar-refractivity contribution in [2.75, 3.05) is 26.7 Å². The first-order valence-corrected chi connectivity index (χ1v) is 4.90. The Morgan fingerprint density at radius 2 is 2.23 bits per heavy atom. The van der Waals surface area contributed by atoms with Gasteiger partial charge in [0.25, 0.3) is 0 Å². The molecule has 0 aliphatic carbocycles. The van der Waals surface area contributed by atoms with Gasteiger partial charge in [-0.3, -0.25) is 0 Å². The van der Waals surface area contributed by atoms with Crippen molar-refractivity contribution in [3.63, 3.8) is 0 Å². The second-order valence-electron chi connectivity index (χ2n) is 3.67. The largest absolute Gasteiger partial charge is 0.328 e. The molecule has 0 saturated carbocycles. The van der Waals surface area contributed by atoms with Gasteiger partial charge in [0.05, 0.1) is 0 Å². The number of rotatable bonds is 3. The van der Waals surface area contributed by atoms with Crippen LogP contribution in [-0.4, -0.2) is 48.6 Å². The highest BCUT2D eigenvalue weighted by Gasteiger charge is 2.23. The summed E-state index contributed by atoms with van der Waals surface area (Å²) in [5.41, 5.74) is 5.80. The average molecular weight is 185 g/mol. The molecule has 1 unspecified atom stereocenters. The molecule has 0 spiro atoms. The molecule has 76 valence electrons. The van der Waals surface area contributed by atoms with Crippen LogP contribution in [0.4, 0.5) is 4.79 Å². The summed E-state index contributed by atoms with van der Waals surface area (Å²) in [5, 5.41) is 0. The first-order valence-electron chi connectivity index (χ1n) is 4.90. The summed E-state index contributed by atoms with van der Waals surface area (Å²) in [6.45, 7) is 4.47. The molecule has 2 amide bonds. The molecular formula is C9H19N3O. The third-order valence-corrected chi connectivity index (χ3v) is 2.50. The zero-order chi connectivity index (χ0) is 9.84. The zero-order valence-corrected chi connectivity index (χ0v) is 8.49. The van der Waals surface area contributed by atoms with Gasteiger partial charge in [0.2, 0.25) is 0 Å². The van der Waals surface area contributed by atoms with Crippen LogP contribution < -0.4 is 5.73 Å². The fourth-order valence-corrected chi connectivity index (χ4v) is 1.51. The summed E-state index contributed by atoms with van der Waals surface area (Å²) in [5.74, 6) is 0. The van der Waals surface area contributed by atoms with Crippen molar-refractivity contribution in [1.82, 2.24) is 9.80 Å². The lowest BCUT2D eigenvalue weighted by molar-refractivity contribution is 0.137. The van der Waals surface area contributed by atoms with E-state index in [1.165, 1.54) is 0 Å². The van der Waals surface area contributed by atoms with E-state index in [2.05, 4.69) is 0 Å². The Hall–Kier alpha value is -0.770. The number of nitrogens with zero attached hydrogens (tertiary/aromatic N) is 2. The van der Waals surface area contributed by atoms with Crippen LogP contribution in [0.1, 0.15) is 19.8 Å². The van der Waals surface area contributed by atoms with E-state index < -0.39 is 0 Å². The number of carbonyl (C=O) groups is 1. The van der Waals surface area contributed by atoms with Crippen LogP contribution in [0.5, 0.6) is 0 Å². The monoisotopic (exact) mass is 185 g/mol. The standard InChI is InChI=1S/C9H19N3O/c1-3-8(10)7-12-6-4-5-11(2)9(12)13/h8H,3-7,10H2,1-2H3. The first kappa shape index (κ1) is 10.3. The Bertz CT molecular complexity index is 184. The predicted octanol–water partition coefficient (Wildman–Crippen LogP) is 0.481. The molecular weight excluding hydrogens is 166 g/mol. The minimum absolute atomic E-state index is 0.121. The van der Waals surface area contributed by atoms with Gasteiger partial charge in [-0.05, 0) is 12.8 Å². The lowest BCUT2D eigenvalue weighted by atomic mass is 10.2. The third-order valence-electron chi connectivity index (χ3n) is 2.50. The van der Waals surface area contributed by atoms with E-state index in [-0.39, 0.29) is 12.1 Å². The lowest BCUT2D eigenvalue weighted by Gasteiger charge is -2.34. The molecule has 4 nitrogen and oxygen atoms in total. The molecule has 1 atom stereocenters. The van der Waals surface area contributed by atoms with Gasteiger partial charge >= 0.3 is 6.03 Å². The number of hydrogen-bond donors (Lipinski definition) is 1. The van der Waals surface area contributed by atoms with Gasteiger partial charge in [0, 0.05) is 32.7 Å². The van der Waals surface area contributed by atoms with Crippen LogP contribution in [0.2, 0.25) is 0 Å². The highest BCUT2D eigenvalue weighted by molar-refractivity contribution is 5.74. The zero-order valence-electron chi connectivity index (χ0n) is 8.49. The minimum Gasteiger partial charge on any atom is -0.328 e. The number of hydrogen-bond acceptors (Lipinski definition) is 2. The lowest BCUT2D eigenvalue weighted by Crippen LogP contribution is -2.51. The molecule has 1 rings (SSSR count). The molecule has 0 radical (unpaired) electrons. The maximum absolute atomic E-state index is 11.6. The Morgan fingerprint density at radius 3 is 2.85 bits per heavy atom. The second kappa shape index (κ2) is 4.46. The molecule has 1 aliphatic rings.